The maximum absolute atomic E-state index is 12.0. The van der Waals surface area contributed by atoms with Crippen LogP contribution in [-0.2, 0) is 11.3 Å². The van der Waals surface area contributed by atoms with Gasteiger partial charge in [0.1, 0.15) is 0 Å². The molecule has 2 aromatic carbocycles. The second-order valence-electron chi connectivity index (χ2n) is 5.34. The Hall–Kier alpha value is -2.44. The van der Waals surface area contributed by atoms with E-state index < -0.39 is 0 Å². The van der Waals surface area contributed by atoms with Crippen molar-refractivity contribution in [3.05, 3.63) is 71.4 Å². The Kier molecular flexibility index (Phi) is 5.63. The van der Waals surface area contributed by atoms with Crippen LogP contribution in [0.4, 0.5) is 0 Å². The van der Waals surface area contributed by atoms with Crippen LogP contribution in [0, 0.1) is 0 Å². The number of rotatable bonds is 6. The molecule has 25 heavy (non-hydrogen) atoms. The van der Waals surface area contributed by atoms with Crippen LogP contribution in [-0.4, -0.2) is 21.3 Å². The van der Waals surface area contributed by atoms with E-state index in [4.69, 9.17) is 17.4 Å². The molecule has 1 aromatic heterocycles. The molecule has 1 amide bonds. The highest BCUT2D eigenvalue weighted by Gasteiger charge is 2.11. The van der Waals surface area contributed by atoms with Crippen molar-refractivity contribution in [2.45, 2.75) is 11.7 Å². The Labute approximate surface area is 155 Å². The van der Waals surface area contributed by atoms with E-state index in [0.717, 1.165) is 16.8 Å². The Morgan fingerprint density at radius 2 is 1.88 bits per heavy atom. The second kappa shape index (κ2) is 8.09. The molecule has 0 fully saturated rings. The molecule has 1 heterocycles. The largest absolute Gasteiger partial charge is 0.351 e. The van der Waals surface area contributed by atoms with Gasteiger partial charge in [0.2, 0.25) is 5.91 Å². The van der Waals surface area contributed by atoms with E-state index in [-0.39, 0.29) is 11.7 Å². The maximum Gasteiger partial charge on any atom is 0.230 e. The normalized spacial score (nSPS) is 10.6. The summed E-state index contributed by atoms with van der Waals surface area (Å²) in [6.45, 7) is 0.394. The standard InChI is InChI=1S/C18H17ClN4OS/c19-15-9-5-4-8-14(15)10-21-17(24)12-25-18-22-16(11-23(18)20)13-6-2-1-3-7-13/h1-9,11H,10,12,20H2,(H,21,24). The molecule has 0 aliphatic heterocycles. The van der Waals surface area contributed by atoms with E-state index in [9.17, 15) is 4.79 Å². The zero-order chi connectivity index (χ0) is 17.6. The first-order chi connectivity index (χ1) is 12.1. The van der Waals surface area contributed by atoms with E-state index >= 15 is 0 Å². The van der Waals surface area contributed by atoms with E-state index in [1.54, 1.807) is 12.3 Å². The summed E-state index contributed by atoms with van der Waals surface area (Å²) in [4.78, 5) is 16.5. The summed E-state index contributed by atoms with van der Waals surface area (Å²) in [5.74, 6) is 6.06. The van der Waals surface area contributed by atoms with Gasteiger partial charge in [0.25, 0.3) is 0 Å². The minimum absolute atomic E-state index is 0.103. The molecular weight excluding hydrogens is 356 g/mol. The Morgan fingerprint density at radius 1 is 1.16 bits per heavy atom. The Morgan fingerprint density at radius 3 is 2.64 bits per heavy atom. The fourth-order valence-electron chi connectivity index (χ4n) is 2.25. The van der Waals surface area contributed by atoms with Crippen molar-refractivity contribution in [2.75, 3.05) is 11.6 Å². The summed E-state index contributed by atoms with van der Waals surface area (Å²) in [6, 6.07) is 17.2. The van der Waals surface area contributed by atoms with Crippen LogP contribution in [0.1, 0.15) is 5.56 Å². The summed E-state index contributed by atoms with van der Waals surface area (Å²) < 4.78 is 1.44. The third-order valence-corrected chi connectivity index (χ3v) is 4.87. The predicted octanol–water partition coefficient (Wildman–Crippen LogP) is 3.33. The fourth-order valence-corrected chi connectivity index (χ4v) is 3.18. The maximum atomic E-state index is 12.0. The van der Waals surface area contributed by atoms with Crippen LogP contribution in [0.15, 0.2) is 66.0 Å². The van der Waals surface area contributed by atoms with Crippen molar-refractivity contribution < 1.29 is 4.79 Å². The molecule has 7 heteroatoms. The number of hydrogen-bond acceptors (Lipinski definition) is 4. The van der Waals surface area contributed by atoms with E-state index in [2.05, 4.69) is 10.3 Å². The van der Waals surface area contributed by atoms with Gasteiger partial charge in [-0.05, 0) is 11.6 Å². The number of imidazole rings is 1. The van der Waals surface area contributed by atoms with Crippen molar-refractivity contribution >= 4 is 29.3 Å². The first-order valence-corrected chi connectivity index (χ1v) is 9.02. The zero-order valence-electron chi connectivity index (χ0n) is 13.4. The molecule has 0 bridgehead atoms. The lowest BCUT2D eigenvalue weighted by atomic mass is 10.2. The van der Waals surface area contributed by atoms with Gasteiger partial charge in [0.15, 0.2) is 5.16 Å². The third kappa shape index (κ3) is 4.55. The van der Waals surface area contributed by atoms with Gasteiger partial charge >= 0.3 is 0 Å². The number of thioether (sulfide) groups is 1. The SMILES string of the molecule is Nn1cc(-c2ccccc2)nc1SCC(=O)NCc1ccccc1Cl. The molecule has 128 valence electrons. The lowest BCUT2D eigenvalue weighted by molar-refractivity contribution is -0.118. The van der Waals surface area contributed by atoms with Crippen molar-refractivity contribution in [3.63, 3.8) is 0 Å². The highest BCUT2D eigenvalue weighted by molar-refractivity contribution is 7.99. The van der Waals surface area contributed by atoms with Gasteiger partial charge in [-0.15, -0.1) is 0 Å². The highest BCUT2D eigenvalue weighted by atomic mass is 35.5. The number of nitrogens with one attached hydrogen (secondary N) is 1. The second-order valence-corrected chi connectivity index (χ2v) is 6.69. The topological polar surface area (TPSA) is 72.9 Å². The van der Waals surface area contributed by atoms with E-state index in [1.807, 2.05) is 48.5 Å². The van der Waals surface area contributed by atoms with Crippen molar-refractivity contribution in [1.29, 1.82) is 0 Å². The number of carbonyl (C=O) groups is 1. The molecule has 0 unspecified atom stereocenters. The van der Waals surface area contributed by atoms with Crippen LogP contribution in [0.2, 0.25) is 5.02 Å². The molecule has 3 rings (SSSR count). The number of carbonyl (C=O) groups excluding carboxylic acids is 1. The molecule has 0 radical (unpaired) electrons. The van der Waals surface area contributed by atoms with Crippen LogP contribution in [0.25, 0.3) is 11.3 Å². The molecule has 0 saturated carbocycles. The number of aromatic nitrogens is 2. The van der Waals surface area contributed by atoms with Crippen LogP contribution in [0.5, 0.6) is 0 Å². The molecule has 0 saturated heterocycles. The molecular formula is C18H17ClN4OS. The van der Waals surface area contributed by atoms with Crippen LogP contribution >= 0.6 is 23.4 Å². The highest BCUT2D eigenvalue weighted by Crippen LogP contribution is 2.22. The van der Waals surface area contributed by atoms with Crippen molar-refractivity contribution in [2.24, 2.45) is 0 Å². The number of nitrogens with two attached hydrogens (primary N) is 1. The fraction of sp³-hybridized carbons (Fsp3) is 0.111. The molecule has 0 aliphatic rings. The van der Waals surface area contributed by atoms with Gasteiger partial charge in [-0.2, -0.15) is 0 Å². The molecule has 0 atom stereocenters. The summed E-state index contributed by atoms with van der Waals surface area (Å²) in [5, 5.41) is 4.07. The average molecular weight is 373 g/mol. The Bertz CT molecular complexity index is 867. The number of nitrogen functional groups attached to an aromatic ring is 1. The molecule has 3 N–H and O–H groups in total. The molecule has 5 nitrogen and oxygen atoms in total. The van der Waals surface area contributed by atoms with Gasteiger partial charge in [-0.1, -0.05) is 71.9 Å². The lowest BCUT2D eigenvalue weighted by Gasteiger charge is -2.06. The number of hydrogen-bond donors (Lipinski definition) is 2. The predicted molar refractivity (Wildman–Crippen MR) is 102 cm³/mol. The van der Waals surface area contributed by atoms with Crippen LogP contribution in [0.3, 0.4) is 0 Å². The zero-order valence-corrected chi connectivity index (χ0v) is 14.9. The van der Waals surface area contributed by atoms with Gasteiger partial charge in [0.05, 0.1) is 17.6 Å². The summed E-state index contributed by atoms with van der Waals surface area (Å²) in [6.07, 6.45) is 1.75. The number of benzene rings is 2. The minimum atomic E-state index is -0.103. The average Bonchev–Trinajstić information content (AvgIpc) is 3.01. The van der Waals surface area contributed by atoms with Crippen molar-refractivity contribution in [1.82, 2.24) is 15.0 Å². The van der Waals surface area contributed by atoms with E-state index in [0.29, 0.717) is 16.7 Å². The van der Waals surface area contributed by atoms with Crippen LogP contribution < -0.4 is 11.2 Å². The smallest absolute Gasteiger partial charge is 0.230 e. The quantitative estimate of drug-likeness (QED) is 0.514. The minimum Gasteiger partial charge on any atom is -0.351 e. The number of halogens is 1. The monoisotopic (exact) mass is 372 g/mol. The molecule has 0 aliphatic carbocycles. The first kappa shape index (κ1) is 17.4. The number of amides is 1. The molecule has 0 spiro atoms. The lowest BCUT2D eigenvalue weighted by Crippen LogP contribution is -2.25. The summed E-state index contributed by atoms with van der Waals surface area (Å²) in [5.41, 5.74) is 2.65. The van der Waals surface area contributed by atoms with Gasteiger partial charge < -0.3 is 11.2 Å². The Balaban J connectivity index is 1.56. The first-order valence-electron chi connectivity index (χ1n) is 7.66. The summed E-state index contributed by atoms with van der Waals surface area (Å²) >= 11 is 7.37. The molecule has 3 aromatic rings. The van der Waals surface area contributed by atoms with E-state index in [1.165, 1.54) is 16.4 Å². The van der Waals surface area contributed by atoms with Gasteiger partial charge in [0, 0.05) is 17.1 Å². The van der Waals surface area contributed by atoms with Gasteiger partial charge in [-0.25, -0.2) is 9.66 Å². The van der Waals surface area contributed by atoms with Crippen molar-refractivity contribution in [3.8, 4) is 11.3 Å². The summed E-state index contributed by atoms with van der Waals surface area (Å²) in [7, 11) is 0. The third-order valence-electron chi connectivity index (χ3n) is 3.53. The van der Waals surface area contributed by atoms with Gasteiger partial charge in [-0.3, -0.25) is 4.79 Å². The number of nitrogens with zero attached hydrogens (tertiary/aromatic N) is 2.